The molecule has 6 heteroatoms. The van der Waals surface area contributed by atoms with Crippen LogP contribution in [-0.4, -0.2) is 23.5 Å². The molecule has 0 unspecified atom stereocenters. The molecule has 1 amide bonds. The van der Waals surface area contributed by atoms with Gasteiger partial charge in [0.05, 0.1) is 16.8 Å². The zero-order chi connectivity index (χ0) is 22.8. The van der Waals surface area contributed by atoms with E-state index in [0.29, 0.717) is 17.7 Å². The number of pyridine rings is 1. The molecular formula is C27H22N2O3S. The third-order valence-electron chi connectivity index (χ3n) is 5.64. The van der Waals surface area contributed by atoms with Crippen LogP contribution in [0.5, 0.6) is 0 Å². The van der Waals surface area contributed by atoms with Crippen molar-refractivity contribution >= 4 is 51.5 Å². The number of hydrogen-bond acceptors (Lipinski definition) is 5. The molecule has 33 heavy (non-hydrogen) atoms. The van der Waals surface area contributed by atoms with E-state index >= 15 is 0 Å². The number of aryl methyl sites for hydroxylation is 1. The highest BCUT2D eigenvalue weighted by Crippen LogP contribution is 2.38. The van der Waals surface area contributed by atoms with E-state index < -0.39 is 5.97 Å². The molecule has 2 aromatic heterocycles. The van der Waals surface area contributed by atoms with Crippen LogP contribution in [0.2, 0.25) is 0 Å². The lowest BCUT2D eigenvalue weighted by atomic mass is 10.0. The molecule has 0 bridgehead atoms. The monoisotopic (exact) mass is 454 g/mol. The number of anilines is 1. The summed E-state index contributed by atoms with van der Waals surface area (Å²) in [5.41, 5.74) is 5.81. The van der Waals surface area contributed by atoms with Crippen molar-refractivity contribution in [3.8, 4) is 0 Å². The molecule has 4 aromatic rings. The Hall–Kier alpha value is -3.77. The van der Waals surface area contributed by atoms with Gasteiger partial charge in [-0.25, -0.2) is 9.78 Å². The molecule has 1 N–H and O–H groups in total. The normalized spacial score (nSPS) is 13.8. The van der Waals surface area contributed by atoms with Crippen LogP contribution in [0.1, 0.15) is 38.5 Å². The molecule has 0 spiro atoms. The lowest BCUT2D eigenvalue weighted by Crippen LogP contribution is -2.21. The minimum atomic E-state index is -0.499. The number of hydrogen-bond donors (Lipinski definition) is 1. The zero-order valence-electron chi connectivity index (χ0n) is 18.1. The van der Waals surface area contributed by atoms with E-state index in [1.807, 2.05) is 60.8 Å². The predicted octanol–water partition coefficient (Wildman–Crippen LogP) is 5.89. The number of ether oxygens (including phenoxy) is 1. The first kappa shape index (κ1) is 21.1. The van der Waals surface area contributed by atoms with Crippen LogP contribution in [0.15, 0.2) is 66.0 Å². The van der Waals surface area contributed by atoms with Crippen molar-refractivity contribution in [3.05, 3.63) is 93.3 Å². The van der Waals surface area contributed by atoms with Gasteiger partial charge in [0.2, 0.25) is 0 Å². The second kappa shape index (κ2) is 9.00. The summed E-state index contributed by atoms with van der Waals surface area (Å²) < 4.78 is 5.47. The number of esters is 1. The van der Waals surface area contributed by atoms with Crippen LogP contribution in [0.4, 0.5) is 5.69 Å². The van der Waals surface area contributed by atoms with Gasteiger partial charge in [-0.3, -0.25) is 4.79 Å². The number of nitrogens with zero attached hydrogens (tertiary/aromatic N) is 1. The Morgan fingerprint density at radius 2 is 1.97 bits per heavy atom. The fraction of sp³-hybridized carbons (Fsp3) is 0.148. The molecule has 1 aliphatic carbocycles. The van der Waals surface area contributed by atoms with Gasteiger partial charge in [0.25, 0.3) is 5.91 Å². The van der Waals surface area contributed by atoms with Crippen LogP contribution in [-0.2, 0) is 16.0 Å². The summed E-state index contributed by atoms with van der Waals surface area (Å²) in [5, 5.41) is 5.56. The quantitative estimate of drug-likeness (QED) is 0.382. The third kappa shape index (κ3) is 4.43. The molecular weight excluding hydrogens is 432 g/mol. The Balaban J connectivity index is 1.43. The summed E-state index contributed by atoms with van der Waals surface area (Å²) in [6, 6.07) is 19.1. The van der Waals surface area contributed by atoms with Crippen LogP contribution < -0.4 is 5.32 Å². The van der Waals surface area contributed by atoms with Crippen molar-refractivity contribution in [1.82, 2.24) is 4.98 Å². The number of carbonyl (C=O) groups excluding carboxylic acids is 2. The van der Waals surface area contributed by atoms with E-state index in [9.17, 15) is 9.59 Å². The van der Waals surface area contributed by atoms with Crippen LogP contribution in [0.25, 0.3) is 22.6 Å². The second-order valence-corrected chi connectivity index (χ2v) is 8.99. The average Bonchev–Trinajstić information content (AvgIpc) is 3.46. The van der Waals surface area contributed by atoms with Gasteiger partial charge in [-0.1, -0.05) is 36.4 Å². The minimum Gasteiger partial charge on any atom is -0.452 e. The van der Waals surface area contributed by atoms with Gasteiger partial charge in [-0.2, -0.15) is 0 Å². The Bertz CT molecular complexity index is 1390. The number of amides is 1. The Morgan fingerprint density at radius 1 is 1.09 bits per heavy atom. The van der Waals surface area contributed by atoms with Gasteiger partial charge in [0.15, 0.2) is 6.61 Å². The molecule has 0 fully saturated rings. The predicted molar refractivity (Wildman–Crippen MR) is 132 cm³/mol. The highest BCUT2D eigenvalue weighted by atomic mass is 32.1. The summed E-state index contributed by atoms with van der Waals surface area (Å²) in [6.07, 6.45) is 3.66. The minimum absolute atomic E-state index is 0.351. The molecule has 1 aliphatic rings. The van der Waals surface area contributed by atoms with E-state index in [4.69, 9.17) is 9.72 Å². The van der Waals surface area contributed by atoms with E-state index in [-0.39, 0.29) is 12.5 Å². The molecule has 0 atom stereocenters. The number of thiophene rings is 1. The van der Waals surface area contributed by atoms with Gasteiger partial charge >= 0.3 is 5.97 Å². The number of nitrogens with one attached hydrogen (secondary N) is 1. The maximum Gasteiger partial charge on any atom is 0.339 e. The number of allylic oxidation sites excluding steroid dienone is 1. The van der Waals surface area contributed by atoms with Crippen molar-refractivity contribution in [1.29, 1.82) is 0 Å². The third-order valence-corrected chi connectivity index (χ3v) is 6.46. The van der Waals surface area contributed by atoms with Crippen LogP contribution >= 0.6 is 11.3 Å². The molecule has 0 saturated carbocycles. The Labute approximate surface area is 195 Å². The van der Waals surface area contributed by atoms with Crippen molar-refractivity contribution in [2.24, 2.45) is 0 Å². The maximum atomic E-state index is 13.2. The average molecular weight is 455 g/mol. The van der Waals surface area contributed by atoms with Gasteiger partial charge in [-0.05, 0) is 72.2 Å². The van der Waals surface area contributed by atoms with Gasteiger partial charge in [0, 0.05) is 16.0 Å². The van der Waals surface area contributed by atoms with Gasteiger partial charge < -0.3 is 10.1 Å². The van der Waals surface area contributed by atoms with E-state index in [2.05, 4.69) is 17.5 Å². The van der Waals surface area contributed by atoms with Gasteiger partial charge in [0.1, 0.15) is 0 Å². The maximum absolute atomic E-state index is 13.2. The number of carbonyl (C=O) groups is 2. The van der Waals surface area contributed by atoms with E-state index in [1.165, 1.54) is 0 Å². The summed E-state index contributed by atoms with van der Waals surface area (Å²) in [4.78, 5) is 31.6. The molecule has 2 heterocycles. The topological polar surface area (TPSA) is 68.3 Å². The first-order valence-corrected chi connectivity index (χ1v) is 11.7. The van der Waals surface area contributed by atoms with Crippen molar-refractivity contribution in [3.63, 3.8) is 0 Å². The molecule has 0 aliphatic heterocycles. The van der Waals surface area contributed by atoms with Crippen LogP contribution in [0.3, 0.4) is 0 Å². The first-order chi connectivity index (χ1) is 16.1. The highest BCUT2D eigenvalue weighted by Gasteiger charge is 2.28. The summed E-state index contributed by atoms with van der Waals surface area (Å²) in [5.74, 6) is -0.871. The molecule has 164 valence electrons. The lowest BCUT2D eigenvalue weighted by molar-refractivity contribution is -0.119. The number of para-hydroxylation sites is 1. The fourth-order valence-corrected chi connectivity index (χ4v) is 4.86. The second-order valence-electron chi connectivity index (χ2n) is 8.01. The number of fused-ring (bicyclic) bond motifs is 2. The molecule has 5 rings (SSSR count). The zero-order valence-corrected chi connectivity index (χ0v) is 18.9. The number of rotatable bonds is 5. The summed E-state index contributed by atoms with van der Waals surface area (Å²) in [7, 11) is 0. The van der Waals surface area contributed by atoms with Crippen molar-refractivity contribution in [2.45, 2.75) is 19.8 Å². The smallest absolute Gasteiger partial charge is 0.339 e. The highest BCUT2D eigenvalue weighted by molar-refractivity contribution is 7.10. The largest absolute Gasteiger partial charge is 0.452 e. The molecule has 2 aromatic carbocycles. The van der Waals surface area contributed by atoms with Crippen LogP contribution in [0, 0.1) is 6.92 Å². The summed E-state index contributed by atoms with van der Waals surface area (Å²) >= 11 is 1.67. The molecule has 0 saturated heterocycles. The van der Waals surface area contributed by atoms with Crippen molar-refractivity contribution in [2.75, 3.05) is 11.9 Å². The Kier molecular flexibility index (Phi) is 5.75. The Morgan fingerprint density at radius 3 is 2.79 bits per heavy atom. The number of aromatic nitrogens is 1. The molecule has 0 radical (unpaired) electrons. The van der Waals surface area contributed by atoms with Crippen molar-refractivity contribution < 1.29 is 14.3 Å². The first-order valence-electron chi connectivity index (χ1n) is 10.8. The summed E-state index contributed by atoms with van der Waals surface area (Å²) in [6.45, 7) is 1.60. The lowest BCUT2D eigenvalue weighted by Gasteiger charge is -2.12. The fourth-order valence-electron chi connectivity index (χ4n) is 4.18. The van der Waals surface area contributed by atoms with E-state index in [0.717, 1.165) is 44.6 Å². The molecule has 5 nitrogen and oxygen atoms in total. The van der Waals surface area contributed by atoms with Gasteiger partial charge in [-0.15, -0.1) is 11.3 Å². The van der Waals surface area contributed by atoms with E-state index in [1.54, 1.807) is 17.4 Å². The SMILES string of the molecule is Cc1cccc(NC(=O)COC(=O)c2c3c(nc4ccccc24)C(=Cc2cccs2)CC3)c1. The standard InChI is InChI=1S/C27H22N2O3S/c1-17-6-4-7-19(14-17)28-24(30)16-32-27(31)25-21-9-2-3-10-23(21)29-26-18(11-12-22(25)26)15-20-8-5-13-33-20/h2-10,13-15H,11-12,16H2,1H3,(H,28,30). The number of benzene rings is 2.